The Bertz CT molecular complexity index is 914. The van der Waals surface area contributed by atoms with Crippen LogP contribution in [0, 0.1) is 5.92 Å². The van der Waals surface area contributed by atoms with E-state index in [-0.39, 0.29) is 17.8 Å². The first-order valence-corrected chi connectivity index (χ1v) is 11.3. The molecule has 6 nitrogen and oxygen atoms in total. The summed E-state index contributed by atoms with van der Waals surface area (Å²) in [7, 11) is 0. The Kier molecular flexibility index (Phi) is 8.42. The van der Waals surface area contributed by atoms with E-state index in [0.717, 1.165) is 23.3 Å². The van der Waals surface area contributed by atoms with Crippen molar-refractivity contribution >= 4 is 17.6 Å². The van der Waals surface area contributed by atoms with Gasteiger partial charge in [0.05, 0.1) is 12.3 Å². The number of hydrogen-bond donors (Lipinski definition) is 1. The molecule has 1 amide bonds. The fourth-order valence-electron chi connectivity index (χ4n) is 3.87. The normalized spacial score (nSPS) is 18.4. The zero-order valence-electron chi connectivity index (χ0n) is 18.9. The van der Waals surface area contributed by atoms with E-state index < -0.39 is 5.60 Å². The van der Waals surface area contributed by atoms with Gasteiger partial charge in [-0.15, -0.1) is 0 Å². The number of aryl methyl sites for hydroxylation is 1. The number of benzene rings is 2. The summed E-state index contributed by atoms with van der Waals surface area (Å²) in [4.78, 5) is 30.6. The summed E-state index contributed by atoms with van der Waals surface area (Å²) >= 11 is 0. The lowest BCUT2D eigenvalue weighted by atomic mass is 9.87. The summed E-state index contributed by atoms with van der Waals surface area (Å²) in [5.74, 6) is -0.174. The van der Waals surface area contributed by atoms with Gasteiger partial charge in [-0.05, 0) is 36.8 Å². The van der Waals surface area contributed by atoms with Crippen LogP contribution in [0.4, 0.5) is 0 Å². The van der Waals surface area contributed by atoms with Crippen LogP contribution in [0.2, 0.25) is 0 Å². The molecular formula is C26H32N2O4. The molecule has 0 saturated carbocycles. The van der Waals surface area contributed by atoms with Crippen molar-refractivity contribution in [2.45, 2.75) is 51.6 Å². The Hall–Kier alpha value is -3.15. The zero-order chi connectivity index (χ0) is 22.8. The molecule has 1 heterocycles. The Morgan fingerprint density at radius 1 is 1.09 bits per heavy atom. The highest BCUT2D eigenvalue weighted by atomic mass is 16.7. The number of nitrogens with one attached hydrogen (secondary N) is 1. The van der Waals surface area contributed by atoms with Crippen LogP contribution in [0.25, 0.3) is 0 Å². The predicted molar refractivity (Wildman–Crippen MR) is 124 cm³/mol. The number of esters is 1. The number of amides is 1. The van der Waals surface area contributed by atoms with Gasteiger partial charge in [-0.2, -0.15) is 0 Å². The molecule has 0 saturated heterocycles. The van der Waals surface area contributed by atoms with E-state index in [9.17, 15) is 9.59 Å². The first-order valence-electron chi connectivity index (χ1n) is 11.3. The lowest BCUT2D eigenvalue weighted by Crippen LogP contribution is -2.43. The van der Waals surface area contributed by atoms with Crippen molar-refractivity contribution in [1.82, 2.24) is 5.32 Å². The lowest BCUT2D eigenvalue weighted by molar-refractivity contribution is -0.168. The van der Waals surface area contributed by atoms with Crippen LogP contribution >= 0.6 is 0 Å². The molecule has 1 aliphatic heterocycles. The van der Waals surface area contributed by atoms with Gasteiger partial charge in [0.15, 0.2) is 0 Å². The molecule has 1 N–H and O–H groups in total. The second kappa shape index (κ2) is 11.5. The van der Waals surface area contributed by atoms with Crippen LogP contribution in [0.3, 0.4) is 0 Å². The van der Waals surface area contributed by atoms with Crippen LogP contribution in [0.1, 0.15) is 44.2 Å². The molecule has 32 heavy (non-hydrogen) atoms. The zero-order valence-corrected chi connectivity index (χ0v) is 18.9. The molecule has 2 unspecified atom stereocenters. The van der Waals surface area contributed by atoms with Crippen molar-refractivity contribution in [2.75, 3.05) is 13.2 Å². The topological polar surface area (TPSA) is 77.0 Å². The van der Waals surface area contributed by atoms with Crippen molar-refractivity contribution in [3.63, 3.8) is 0 Å². The number of nitrogens with zero attached hydrogens (tertiary/aromatic N) is 1. The van der Waals surface area contributed by atoms with Gasteiger partial charge in [0, 0.05) is 25.8 Å². The van der Waals surface area contributed by atoms with E-state index >= 15 is 0 Å². The Morgan fingerprint density at radius 3 is 2.41 bits per heavy atom. The second-order valence-corrected chi connectivity index (χ2v) is 8.40. The van der Waals surface area contributed by atoms with E-state index in [1.54, 1.807) is 6.92 Å². The fraction of sp³-hybridized carbons (Fsp3) is 0.423. The van der Waals surface area contributed by atoms with Gasteiger partial charge >= 0.3 is 5.97 Å². The molecule has 6 heteroatoms. The SMILES string of the molecule is CCOC(=O)C1(Cc2ccccc2)CC(CC(C)CNC(=O)CCc2ccccc2)=NO1. The van der Waals surface area contributed by atoms with Gasteiger partial charge in [-0.25, -0.2) is 4.79 Å². The maximum Gasteiger partial charge on any atom is 0.354 e. The molecule has 0 bridgehead atoms. The fourth-order valence-corrected chi connectivity index (χ4v) is 3.87. The smallest absolute Gasteiger partial charge is 0.354 e. The molecule has 2 aromatic rings. The maximum absolute atomic E-state index is 12.7. The van der Waals surface area contributed by atoms with Crippen molar-refractivity contribution in [3.8, 4) is 0 Å². The van der Waals surface area contributed by atoms with Crippen molar-refractivity contribution < 1.29 is 19.2 Å². The summed E-state index contributed by atoms with van der Waals surface area (Å²) < 4.78 is 5.30. The van der Waals surface area contributed by atoms with Crippen molar-refractivity contribution in [2.24, 2.45) is 11.1 Å². The number of carbonyl (C=O) groups is 2. The lowest BCUT2D eigenvalue weighted by Gasteiger charge is -2.24. The standard InChI is InChI=1S/C26H32N2O4/c1-3-31-25(30)26(17-22-12-8-5-9-13-22)18-23(28-32-26)16-20(2)19-27-24(29)15-14-21-10-6-4-7-11-21/h4-13,20H,3,14-19H2,1-2H3,(H,27,29). The second-order valence-electron chi connectivity index (χ2n) is 8.40. The van der Waals surface area contributed by atoms with Gasteiger partial charge in [0.2, 0.25) is 11.5 Å². The summed E-state index contributed by atoms with van der Waals surface area (Å²) in [6, 6.07) is 19.7. The molecule has 3 rings (SSSR count). The minimum absolute atomic E-state index is 0.0373. The molecule has 2 atom stereocenters. The van der Waals surface area contributed by atoms with Crippen LogP contribution in [0.15, 0.2) is 65.8 Å². The van der Waals surface area contributed by atoms with Crippen LogP contribution < -0.4 is 5.32 Å². The Morgan fingerprint density at radius 2 is 1.75 bits per heavy atom. The third kappa shape index (κ3) is 6.67. The predicted octanol–water partition coefficient (Wildman–Crippen LogP) is 4.08. The van der Waals surface area contributed by atoms with Crippen molar-refractivity contribution in [3.05, 3.63) is 71.8 Å². The molecule has 2 aromatic carbocycles. The van der Waals surface area contributed by atoms with Crippen LogP contribution in [-0.4, -0.2) is 36.3 Å². The van der Waals surface area contributed by atoms with Gasteiger partial charge < -0.3 is 14.9 Å². The van der Waals surface area contributed by atoms with E-state index in [4.69, 9.17) is 9.57 Å². The van der Waals surface area contributed by atoms with E-state index in [0.29, 0.717) is 38.8 Å². The molecule has 0 radical (unpaired) electrons. The highest BCUT2D eigenvalue weighted by molar-refractivity contribution is 5.94. The highest BCUT2D eigenvalue weighted by Crippen LogP contribution is 2.31. The average molecular weight is 437 g/mol. The summed E-state index contributed by atoms with van der Waals surface area (Å²) in [6.45, 7) is 4.69. The molecule has 170 valence electrons. The molecule has 0 aliphatic carbocycles. The minimum Gasteiger partial charge on any atom is -0.463 e. The Balaban J connectivity index is 1.49. The van der Waals surface area contributed by atoms with E-state index in [1.165, 1.54) is 0 Å². The molecule has 1 aliphatic rings. The molecule has 0 fully saturated rings. The molecular weight excluding hydrogens is 404 g/mol. The first-order chi connectivity index (χ1) is 15.5. The van der Waals surface area contributed by atoms with Gasteiger partial charge in [-0.3, -0.25) is 4.79 Å². The summed E-state index contributed by atoms with van der Waals surface area (Å²) in [6.07, 6.45) is 2.64. The first kappa shape index (κ1) is 23.5. The summed E-state index contributed by atoms with van der Waals surface area (Å²) in [5, 5.41) is 7.24. The van der Waals surface area contributed by atoms with Crippen molar-refractivity contribution in [1.29, 1.82) is 0 Å². The number of ether oxygens (including phenoxy) is 1. The number of rotatable bonds is 11. The quantitative estimate of drug-likeness (QED) is 0.539. The van der Waals surface area contributed by atoms with E-state index in [2.05, 4.69) is 17.4 Å². The number of oxime groups is 1. The van der Waals surface area contributed by atoms with Gasteiger partial charge in [0.1, 0.15) is 0 Å². The van der Waals surface area contributed by atoms with Crippen LogP contribution in [0.5, 0.6) is 0 Å². The Labute approximate surface area is 190 Å². The van der Waals surface area contributed by atoms with Gasteiger partial charge in [0.25, 0.3) is 0 Å². The number of hydrogen-bond acceptors (Lipinski definition) is 5. The highest BCUT2D eigenvalue weighted by Gasteiger charge is 2.48. The number of carbonyl (C=O) groups excluding carboxylic acids is 2. The largest absolute Gasteiger partial charge is 0.463 e. The molecule has 0 aromatic heterocycles. The van der Waals surface area contributed by atoms with Crippen LogP contribution in [-0.2, 0) is 32.0 Å². The van der Waals surface area contributed by atoms with Gasteiger partial charge in [-0.1, -0.05) is 72.7 Å². The third-order valence-corrected chi connectivity index (χ3v) is 5.53. The minimum atomic E-state index is -1.12. The monoisotopic (exact) mass is 436 g/mol. The molecule has 0 spiro atoms. The average Bonchev–Trinajstić information content (AvgIpc) is 3.21. The third-order valence-electron chi connectivity index (χ3n) is 5.53. The van der Waals surface area contributed by atoms with E-state index in [1.807, 2.05) is 60.7 Å². The summed E-state index contributed by atoms with van der Waals surface area (Å²) in [5.41, 5.74) is 1.85. The maximum atomic E-state index is 12.7.